The fourth-order valence-electron chi connectivity index (χ4n) is 4.01. The van der Waals surface area contributed by atoms with Crippen molar-refractivity contribution in [1.29, 1.82) is 0 Å². The van der Waals surface area contributed by atoms with Crippen LogP contribution in [0, 0.1) is 0 Å². The Labute approximate surface area is 182 Å². The first-order valence-corrected chi connectivity index (χ1v) is 9.89. The molecule has 1 aliphatic heterocycles. The zero-order valence-electron chi connectivity index (χ0n) is 17.1. The number of nitrogens with zero attached hydrogens (tertiary/aromatic N) is 1. The molecule has 1 N–H and O–H groups in total. The Morgan fingerprint density at radius 3 is 1.72 bits per heavy atom. The summed E-state index contributed by atoms with van der Waals surface area (Å²) < 4.78 is 62.9. The fraction of sp³-hybridized carbons (Fsp3) is 0.250. The van der Waals surface area contributed by atoms with Crippen molar-refractivity contribution in [2.45, 2.75) is 17.6 Å². The Morgan fingerprint density at radius 2 is 1.25 bits per heavy atom. The summed E-state index contributed by atoms with van der Waals surface area (Å²) >= 11 is 0. The molecule has 0 bridgehead atoms. The van der Waals surface area contributed by atoms with Crippen LogP contribution in [0.5, 0.6) is 17.2 Å². The number of aliphatic hydroxyl groups is 1. The average Bonchev–Trinajstić information content (AvgIpc) is 2.73. The zero-order chi connectivity index (χ0) is 23.0. The Morgan fingerprint density at radius 1 is 0.781 bits per heavy atom. The normalized spacial score (nSPS) is 17.8. The van der Waals surface area contributed by atoms with E-state index in [1.807, 2.05) is 18.2 Å². The first-order valence-electron chi connectivity index (χ1n) is 9.89. The molecule has 0 aliphatic carbocycles. The average molecular weight is 447 g/mol. The maximum atomic E-state index is 15.9. The van der Waals surface area contributed by atoms with E-state index < -0.39 is 23.4 Å². The number of hydrogen-bond donors (Lipinski definition) is 1. The van der Waals surface area contributed by atoms with E-state index in [0.29, 0.717) is 11.5 Å². The quantitative estimate of drug-likeness (QED) is 0.523. The van der Waals surface area contributed by atoms with Crippen LogP contribution >= 0.6 is 0 Å². The standard InChI is InChI=1S/C24H21F4NO3/c1-29-15-22(25,16-29)23(30,18-9-13-21(14-10-18)32-24(26,27)28)17-7-11-20(12-8-17)31-19-5-3-2-4-6-19/h2-14,30H,15-16H2,1H3/t23-/m0/s1. The van der Waals surface area contributed by atoms with Crippen molar-refractivity contribution in [3.63, 3.8) is 0 Å². The van der Waals surface area contributed by atoms with Gasteiger partial charge in [-0.2, -0.15) is 0 Å². The predicted molar refractivity (Wildman–Crippen MR) is 110 cm³/mol. The number of ether oxygens (including phenoxy) is 2. The topological polar surface area (TPSA) is 41.9 Å². The highest BCUT2D eigenvalue weighted by Crippen LogP contribution is 2.47. The summed E-state index contributed by atoms with van der Waals surface area (Å²) in [5.41, 5.74) is -3.73. The second-order valence-corrected chi connectivity index (χ2v) is 7.86. The van der Waals surface area contributed by atoms with E-state index in [4.69, 9.17) is 4.74 Å². The molecule has 168 valence electrons. The van der Waals surface area contributed by atoms with Gasteiger partial charge in [0.1, 0.15) is 17.2 Å². The molecule has 32 heavy (non-hydrogen) atoms. The number of rotatable bonds is 6. The molecule has 1 heterocycles. The van der Waals surface area contributed by atoms with E-state index in [0.717, 1.165) is 12.1 Å². The molecule has 3 aromatic rings. The Kier molecular flexibility index (Phi) is 5.60. The lowest BCUT2D eigenvalue weighted by molar-refractivity contribution is -0.274. The Balaban J connectivity index is 1.66. The second-order valence-electron chi connectivity index (χ2n) is 7.86. The first kappa shape index (κ1) is 22.1. The summed E-state index contributed by atoms with van der Waals surface area (Å²) in [4.78, 5) is 1.71. The minimum Gasteiger partial charge on any atom is -0.457 e. The van der Waals surface area contributed by atoms with Crippen LogP contribution < -0.4 is 9.47 Å². The van der Waals surface area contributed by atoms with Crippen molar-refractivity contribution >= 4 is 0 Å². The molecule has 4 rings (SSSR count). The summed E-state index contributed by atoms with van der Waals surface area (Å²) in [6.07, 6.45) is -4.84. The van der Waals surface area contributed by atoms with Crippen molar-refractivity contribution in [2.75, 3.05) is 20.1 Å². The van der Waals surface area contributed by atoms with Gasteiger partial charge in [-0.3, -0.25) is 4.90 Å². The minimum absolute atomic E-state index is 0.0351. The molecule has 1 saturated heterocycles. The SMILES string of the molecule is CN1CC(F)([C@](O)(c2ccc(Oc3ccccc3)cc2)c2ccc(OC(F)(F)F)cc2)C1. The monoisotopic (exact) mass is 447 g/mol. The van der Waals surface area contributed by atoms with Crippen molar-refractivity contribution < 1.29 is 32.1 Å². The van der Waals surface area contributed by atoms with Gasteiger partial charge < -0.3 is 14.6 Å². The van der Waals surface area contributed by atoms with E-state index in [2.05, 4.69) is 4.74 Å². The zero-order valence-corrected chi connectivity index (χ0v) is 17.1. The number of alkyl halides is 4. The van der Waals surface area contributed by atoms with Gasteiger partial charge in [0.15, 0.2) is 11.3 Å². The smallest absolute Gasteiger partial charge is 0.457 e. The van der Waals surface area contributed by atoms with Gasteiger partial charge in [0.05, 0.1) is 0 Å². The third-order valence-corrected chi connectivity index (χ3v) is 5.45. The summed E-state index contributed by atoms with van der Waals surface area (Å²) in [5.74, 6) is 0.669. The lowest BCUT2D eigenvalue weighted by Gasteiger charge is -2.52. The maximum Gasteiger partial charge on any atom is 0.573 e. The molecule has 3 aromatic carbocycles. The van der Waals surface area contributed by atoms with Crippen LogP contribution in [0.25, 0.3) is 0 Å². The lowest BCUT2D eigenvalue weighted by atomic mass is 9.70. The van der Waals surface area contributed by atoms with Crippen LogP contribution in [0.4, 0.5) is 17.6 Å². The van der Waals surface area contributed by atoms with Gasteiger partial charge in [0.25, 0.3) is 0 Å². The minimum atomic E-state index is -4.84. The van der Waals surface area contributed by atoms with E-state index in [-0.39, 0.29) is 24.2 Å². The molecule has 0 spiro atoms. The van der Waals surface area contributed by atoms with Crippen molar-refractivity contribution in [3.05, 3.63) is 90.0 Å². The molecule has 0 unspecified atom stereocenters. The number of benzene rings is 3. The number of hydrogen-bond acceptors (Lipinski definition) is 4. The number of para-hydroxylation sites is 1. The third-order valence-electron chi connectivity index (χ3n) is 5.45. The molecular weight excluding hydrogens is 426 g/mol. The highest BCUT2D eigenvalue weighted by atomic mass is 19.4. The molecule has 1 aliphatic rings. The van der Waals surface area contributed by atoms with Gasteiger partial charge in [0.2, 0.25) is 0 Å². The fourth-order valence-corrected chi connectivity index (χ4v) is 4.01. The van der Waals surface area contributed by atoms with Crippen molar-refractivity contribution in [1.82, 2.24) is 4.90 Å². The van der Waals surface area contributed by atoms with E-state index in [1.165, 1.54) is 12.1 Å². The Bertz CT molecular complexity index is 1050. The molecular formula is C24H21F4NO3. The van der Waals surface area contributed by atoms with Crippen LogP contribution in [-0.4, -0.2) is 42.2 Å². The summed E-state index contributed by atoms with van der Waals surface area (Å²) in [6, 6.07) is 20.0. The largest absolute Gasteiger partial charge is 0.573 e. The highest BCUT2D eigenvalue weighted by Gasteiger charge is 2.59. The van der Waals surface area contributed by atoms with Gasteiger partial charge in [-0.1, -0.05) is 42.5 Å². The van der Waals surface area contributed by atoms with E-state index in [9.17, 15) is 18.3 Å². The maximum absolute atomic E-state index is 15.9. The molecule has 0 amide bonds. The molecule has 8 heteroatoms. The third kappa shape index (κ3) is 4.28. The molecule has 1 fully saturated rings. The Hall–Kier alpha value is -3.10. The van der Waals surface area contributed by atoms with E-state index in [1.54, 1.807) is 48.3 Å². The predicted octanol–water partition coefficient (Wildman–Crippen LogP) is 5.27. The lowest BCUT2D eigenvalue weighted by Crippen LogP contribution is -2.68. The van der Waals surface area contributed by atoms with Gasteiger partial charge in [-0.15, -0.1) is 13.2 Å². The van der Waals surface area contributed by atoms with Gasteiger partial charge >= 0.3 is 6.36 Å². The van der Waals surface area contributed by atoms with Gasteiger partial charge in [0, 0.05) is 13.1 Å². The van der Waals surface area contributed by atoms with E-state index >= 15 is 4.39 Å². The summed E-state index contributed by atoms with van der Waals surface area (Å²) in [6.45, 7) is -0.0703. The highest BCUT2D eigenvalue weighted by molar-refractivity contribution is 5.45. The summed E-state index contributed by atoms with van der Waals surface area (Å²) in [5, 5.41) is 11.6. The molecule has 0 radical (unpaired) electrons. The van der Waals surface area contributed by atoms with Crippen LogP contribution in [-0.2, 0) is 5.60 Å². The van der Waals surface area contributed by atoms with Crippen LogP contribution in [0.3, 0.4) is 0 Å². The second kappa shape index (κ2) is 8.11. The van der Waals surface area contributed by atoms with Crippen LogP contribution in [0.1, 0.15) is 11.1 Å². The van der Waals surface area contributed by atoms with Gasteiger partial charge in [-0.05, 0) is 54.6 Å². The van der Waals surface area contributed by atoms with Gasteiger partial charge in [-0.25, -0.2) is 4.39 Å². The van der Waals surface area contributed by atoms with Crippen LogP contribution in [0.2, 0.25) is 0 Å². The van der Waals surface area contributed by atoms with Crippen LogP contribution in [0.15, 0.2) is 78.9 Å². The van der Waals surface area contributed by atoms with Crippen molar-refractivity contribution in [2.24, 2.45) is 0 Å². The molecule has 0 saturated carbocycles. The molecule has 4 nitrogen and oxygen atoms in total. The number of halogens is 4. The first-order chi connectivity index (χ1) is 15.1. The molecule has 0 aromatic heterocycles. The number of likely N-dealkylation sites (tertiary alicyclic amines) is 1. The van der Waals surface area contributed by atoms with Crippen molar-refractivity contribution in [3.8, 4) is 17.2 Å². The molecule has 1 atom stereocenters. The summed E-state index contributed by atoms with van der Waals surface area (Å²) in [7, 11) is 1.72.